The molecule has 1 N–H and O–H groups in total. The van der Waals surface area contributed by atoms with E-state index in [4.69, 9.17) is 0 Å². The molecule has 1 heterocycles. The lowest BCUT2D eigenvalue weighted by molar-refractivity contribution is -0.137. The van der Waals surface area contributed by atoms with Crippen LogP contribution in [0.4, 0.5) is 19.0 Å². The molecule has 1 aromatic heterocycles. The number of alkyl halides is 3. The van der Waals surface area contributed by atoms with Crippen LogP contribution >= 0.6 is 0 Å². The van der Waals surface area contributed by atoms with E-state index in [1.807, 2.05) is 0 Å². The summed E-state index contributed by atoms with van der Waals surface area (Å²) in [4.78, 5) is 8.34. The number of hydrogen-bond donors (Lipinski definition) is 1. The molecular formula is C14H14F3N3. The van der Waals surface area contributed by atoms with Crippen molar-refractivity contribution in [2.45, 2.75) is 20.0 Å². The van der Waals surface area contributed by atoms with Gasteiger partial charge in [-0.2, -0.15) is 13.2 Å². The molecule has 0 radical (unpaired) electrons. The molecule has 2 rings (SSSR count). The monoisotopic (exact) mass is 281 g/mol. The summed E-state index contributed by atoms with van der Waals surface area (Å²) in [6.07, 6.45) is -4.41. The number of nitrogens with one attached hydrogen (secondary N) is 1. The first-order chi connectivity index (χ1) is 9.34. The van der Waals surface area contributed by atoms with Crippen LogP contribution < -0.4 is 5.32 Å². The standard InChI is InChI=1S/C14H14F3N3/c1-8-12(19-9(2)20-13(8)18-3)10-6-4-5-7-11(10)14(15,16)17/h4-7H,1-3H3,(H,18,19,20). The maximum atomic E-state index is 13.1. The van der Waals surface area contributed by atoms with Gasteiger partial charge in [-0.3, -0.25) is 0 Å². The van der Waals surface area contributed by atoms with Crippen molar-refractivity contribution in [3.05, 3.63) is 41.2 Å². The van der Waals surface area contributed by atoms with E-state index in [1.165, 1.54) is 12.1 Å². The molecule has 3 nitrogen and oxygen atoms in total. The molecule has 6 heteroatoms. The molecule has 20 heavy (non-hydrogen) atoms. The Bertz CT molecular complexity index is 636. The van der Waals surface area contributed by atoms with Crippen LogP contribution in [0.3, 0.4) is 0 Å². The molecule has 0 saturated heterocycles. The van der Waals surface area contributed by atoms with Gasteiger partial charge in [0.25, 0.3) is 0 Å². The quantitative estimate of drug-likeness (QED) is 0.909. The highest BCUT2D eigenvalue weighted by Gasteiger charge is 2.34. The second-order valence-electron chi connectivity index (χ2n) is 4.39. The first-order valence-electron chi connectivity index (χ1n) is 6.04. The molecule has 0 aliphatic rings. The van der Waals surface area contributed by atoms with Crippen LogP contribution in [0.15, 0.2) is 24.3 Å². The number of benzene rings is 1. The first kappa shape index (κ1) is 14.3. The number of hydrogen-bond acceptors (Lipinski definition) is 3. The van der Waals surface area contributed by atoms with Gasteiger partial charge in [0, 0.05) is 18.2 Å². The van der Waals surface area contributed by atoms with Crippen molar-refractivity contribution in [2.24, 2.45) is 0 Å². The predicted molar refractivity (Wildman–Crippen MR) is 71.5 cm³/mol. The minimum absolute atomic E-state index is 0.0690. The normalized spacial score (nSPS) is 11.5. The Morgan fingerprint density at radius 2 is 1.70 bits per heavy atom. The van der Waals surface area contributed by atoms with Crippen LogP contribution in [-0.2, 0) is 6.18 Å². The SMILES string of the molecule is CNc1nc(C)nc(-c2ccccc2C(F)(F)F)c1C. The summed E-state index contributed by atoms with van der Waals surface area (Å²) < 4.78 is 39.3. The molecule has 0 aliphatic carbocycles. The highest BCUT2D eigenvalue weighted by atomic mass is 19.4. The Labute approximate surface area is 114 Å². The summed E-state index contributed by atoms with van der Waals surface area (Å²) >= 11 is 0. The van der Waals surface area contributed by atoms with Crippen LogP contribution in [0.25, 0.3) is 11.3 Å². The summed E-state index contributed by atoms with van der Waals surface area (Å²) in [5.41, 5.74) is 0.271. The van der Waals surface area contributed by atoms with Gasteiger partial charge in [0.05, 0.1) is 11.3 Å². The Hall–Kier alpha value is -2.11. The molecule has 0 bridgehead atoms. The van der Waals surface area contributed by atoms with E-state index < -0.39 is 11.7 Å². The van der Waals surface area contributed by atoms with Gasteiger partial charge >= 0.3 is 6.18 Å². The Balaban J connectivity index is 2.73. The fourth-order valence-corrected chi connectivity index (χ4v) is 2.07. The Kier molecular flexibility index (Phi) is 3.65. The van der Waals surface area contributed by atoms with Crippen molar-refractivity contribution < 1.29 is 13.2 Å². The lowest BCUT2D eigenvalue weighted by atomic mass is 10.0. The molecule has 106 valence electrons. The summed E-state index contributed by atoms with van der Waals surface area (Å²) in [7, 11) is 1.67. The number of rotatable bonds is 2. The third-order valence-corrected chi connectivity index (χ3v) is 2.98. The largest absolute Gasteiger partial charge is 0.417 e. The lowest BCUT2D eigenvalue weighted by Crippen LogP contribution is -2.09. The second-order valence-corrected chi connectivity index (χ2v) is 4.39. The van der Waals surface area contributed by atoms with Gasteiger partial charge in [0.1, 0.15) is 11.6 Å². The number of aryl methyl sites for hydroxylation is 1. The second kappa shape index (κ2) is 5.11. The van der Waals surface area contributed by atoms with Crippen molar-refractivity contribution in [2.75, 3.05) is 12.4 Å². The third kappa shape index (κ3) is 2.59. The molecule has 2 aromatic rings. The van der Waals surface area contributed by atoms with E-state index in [9.17, 15) is 13.2 Å². The van der Waals surface area contributed by atoms with Crippen molar-refractivity contribution in [3.8, 4) is 11.3 Å². The van der Waals surface area contributed by atoms with Gasteiger partial charge in [-0.25, -0.2) is 9.97 Å². The van der Waals surface area contributed by atoms with E-state index >= 15 is 0 Å². The zero-order valence-electron chi connectivity index (χ0n) is 11.3. The molecule has 0 atom stereocenters. The molecular weight excluding hydrogens is 267 g/mol. The predicted octanol–water partition coefficient (Wildman–Crippen LogP) is 3.82. The van der Waals surface area contributed by atoms with E-state index in [1.54, 1.807) is 27.0 Å². The van der Waals surface area contributed by atoms with Crippen molar-refractivity contribution >= 4 is 5.82 Å². The lowest BCUT2D eigenvalue weighted by Gasteiger charge is -2.15. The summed E-state index contributed by atoms with van der Waals surface area (Å²) in [5, 5.41) is 2.87. The smallest absolute Gasteiger partial charge is 0.373 e. The van der Waals surface area contributed by atoms with Gasteiger partial charge in [-0.1, -0.05) is 18.2 Å². The summed E-state index contributed by atoms with van der Waals surface area (Å²) in [6, 6.07) is 5.43. The van der Waals surface area contributed by atoms with Crippen LogP contribution in [0.5, 0.6) is 0 Å². The number of halogens is 3. The average molecular weight is 281 g/mol. The molecule has 0 aliphatic heterocycles. The highest BCUT2D eigenvalue weighted by molar-refractivity contribution is 5.71. The zero-order chi connectivity index (χ0) is 14.9. The van der Waals surface area contributed by atoms with E-state index in [0.29, 0.717) is 22.9 Å². The van der Waals surface area contributed by atoms with Crippen LogP contribution in [0, 0.1) is 13.8 Å². The van der Waals surface area contributed by atoms with Gasteiger partial charge in [-0.05, 0) is 19.9 Å². The highest BCUT2D eigenvalue weighted by Crippen LogP contribution is 2.38. The molecule has 0 spiro atoms. The fraction of sp³-hybridized carbons (Fsp3) is 0.286. The van der Waals surface area contributed by atoms with E-state index in [-0.39, 0.29) is 5.56 Å². The zero-order valence-corrected chi connectivity index (χ0v) is 11.3. The minimum atomic E-state index is -4.41. The van der Waals surface area contributed by atoms with Gasteiger partial charge in [-0.15, -0.1) is 0 Å². The van der Waals surface area contributed by atoms with Gasteiger partial charge in [0.2, 0.25) is 0 Å². The van der Waals surface area contributed by atoms with Crippen LogP contribution in [0.2, 0.25) is 0 Å². The van der Waals surface area contributed by atoms with Gasteiger partial charge < -0.3 is 5.32 Å². The Morgan fingerprint density at radius 3 is 2.30 bits per heavy atom. The number of anilines is 1. The summed E-state index contributed by atoms with van der Waals surface area (Å²) in [6.45, 7) is 3.35. The van der Waals surface area contributed by atoms with Crippen molar-refractivity contribution in [1.29, 1.82) is 0 Å². The summed E-state index contributed by atoms with van der Waals surface area (Å²) in [5.74, 6) is 0.955. The van der Waals surface area contributed by atoms with Crippen LogP contribution in [0.1, 0.15) is 17.0 Å². The fourth-order valence-electron chi connectivity index (χ4n) is 2.07. The minimum Gasteiger partial charge on any atom is -0.373 e. The maximum Gasteiger partial charge on any atom is 0.417 e. The average Bonchev–Trinajstić information content (AvgIpc) is 2.40. The van der Waals surface area contributed by atoms with Crippen molar-refractivity contribution in [3.63, 3.8) is 0 Å². The molecule has 1 aromatic carbocycles. The third-order valence-electron chi connectivity index (χ3n) is 2.98. The first-order valence-corrected chi connectivity index (χ1v) is 6.04. The van der Waals surface area contributed by atoms with Gasteiger partial charge in [0.15, 0.2) is 0 Å². The number of aromatic nitrogens is 2. The Morgan fingerprint density at radius 1 is 1.05 bits per heavy atom. The molecule has 0 saturated carbocycles. The van der Waals surface area contributed by atoms with Crippen molar-refractivity contribution in [1.82, 2.24) is 9.97 Å². The van der Waals surface area contributed by atoms with E-state index in [0.717, 1.165) is 6.07 Å². The van der Waals surface area contributed by atoms with Crippen LogP contribution in [-0.4, -0.2) is 17.0 Å². The molecule has 0 amide bonds. The maximum absolute atomic E-state index is 13.1. The topological polar surface area (TPSA) is 37.8 Å². The molecule has 0 unspecified atom stereocenters. The van der Waals surface area contributed by atoms with E-state index in [2.05, 4.69) is 15.3 Å². The molecule has 0 fully saturated rings. The number of nitrogens with zero attached hydrogens (tertiary/aromatic N) is 2.